The number of likely N-dealkylation sites (tertiary alicyclic amines) is 1. The highest BCUT2D eigenvalue weighted by molar-refractivity contribution is 5.04. The molecule has 1 atom stereocenters. The molecule has 0 spiro atoms. The van der Waals surface area contributed by atoms with Gasteiger partial charge in [-0.15, -0.1) is 0 Å². The van der Waals surface area contributed by atoms with Gasteiger partial charge in [-0.1, -0.05) is 6.92 Å². The minimum Gasteiger partial charge on any atom is -0.396 e. The van der Waals surface area contributed by atoms with Crippen molar-refractivity contribution in [3.8, 4) is 0 Å². The van der Waals surface area contributed by atoms with Gasteiger partial charge in [-0.05, 0) is 44.7 Å². The Hall–Kier alpha value is -1.00. The molecule has 18 heavy (non-hydrogen) atoms. The Morgan fingerprint density at radius 1 is 1.33 bits per heavy atom. The summed E-state index contributed by atoms with van der Waals surface area (Å²) in [6, 6.07) is 0. The van der Waals surface area contributed by atoms with Crippen LogP contribution in [0.25, 0.3) is 0 Å². The fourth-order valence-corrected chi connectivity index (χ4v) is 2.59. The Kier molecular flexibility index (Phi) is 4.66. The van der Waals surface area contributed by atoms with Crippen molar-refractivity contribution in [3.05, 3.63) is 23.8 Å². The van der Waals surface area contributed by atoms with E-state index in [-0.39, 0.29) is 0 Å². The zero-order valence-corrected chi connectivity index (χ0v) is 11.3. The molecular weight excluding hydrogens is 226 g/mol. The Morgan fingerprint density at radius 2 is 1.94 bits per heavy atom. The van der Waals surface area contributed by atoms with Gasteiger partial charge in [0.1, 0.15) is 5.82 Å². The number of hydrogen-bond donors (Lipinski definition) is 1. The van der Waals surface area contributed by atoms with Gasteiger partial charge in [0.25, 0.3) is 0 Å². The molecule has 0 bridgehead atoms. The van der Waals surface area contributed by atoms with Crippen molar-refractivity contribution in [2.75, 3.05) is 19.7 Å². The smallest absolute Gasteiger partial charge is 0.125 e. The Balaban J connectivity index is 1.81. The molecule has 100 valence electrons. The van der Waals surface area contributed by atoms with Gasteiger partial charge in [-0.3, -0.25) is 4.90 Å². The topological polar surface area (TPSA) is 49.2 Å². The van der Waals surface area contributed by atoms with E-state index in [1.807, 2.05) is 19.3 Å². The second-order valence-electron chi connectivity index (χ2n) is 5.41. The SMILES string of the molecule is Cc1ncc(CN2CCC([C@@H](C)CO)CC2)cn1. The lowest BCUT2D eigenvalue weighted by molar-refractivity contribution is 0.112. The van der Waals surface area contributed by atoms with E-state index < -0.39 is 0 Å². The van der Waals surface area contributed by atoms with Crippen LogP contribution in [0.1, 0.15) is 31.2 Å². The Labute approximate surface area is 109 Å². The molecule has 0 amide bonds. The van der Waals surface area contributed by atoms with Crippen molar-refractivity contribution in [2.45, 2.75) is 33.2 Å². The number of hydrogen-bond acceptors (Lipinski definition) is 4. The quantitative estimate of drug-likeness (QED) is 0.881. The van der Waals surface area contributed by atoms with E-state index in [0.717, 1.165) is 25.5 Å². The predicted molar refractivity (Wildman–Crippen MR) is 71.0 cm³/mol. The van der Waals surface area contributed by atoms with Gasteiger partial charge in [0.05, 0.1) is 0 Å². The maximum atomic E-state index is 9.18. The zero-order chi connectivity index (χ0) is 13.0. The largest absolute Gasteiger partial charge is 0.396 e. The molecule has 1 N–H and O–H groups in total. The molecule has 1 fully saturated rings. The molecule has 0 radical (unpaired) electrons. The van der Waals surface area contributed by atoms with Gasteiger partial charge < -0.3 is 5.11 Å². The number of rotatable bonds is 4. The van der Waals surface area contributed by atoms with Gasteiger partial charge in [-0.2, -0.15) is 0 Å². The normalized spacial score (nSPS) is 19.9. The monoisotopic (exact) mass is 249 g/mol. The van der Waals surface area contributed by atoms with Gasteiger partial charge in [0, 0.05) is 31.1 Å². The summed E-state index contributed by atoms with van der Waals surface area (Å²) in [5.41, 5.74) is 1.19. The van der Waals surface area contributed by atoms with E-state index in [9.17, 15) is 5.11 Å². The lowest BCUT2D eigenvalue weighted by atomic mass is 9.86. The lowest BCUT2D eigenvalue weighted by Crippen LogP contribution is -2.35. The average Bonchev–Trinajstić information content (AvgIpc) is 2.41. The summed E-state index contributed by atoms with van der Waals surface area (Å²) in [6.45, 7) is 7.54. The first-order valence-electron chi connectivity index (χ1n) is 6.79. The third-order valence-corrected chi connectivity index (χ3v) is 3.97. The van der Waals surface area contributed by atoms with Crippen LogP contribution in [0.3, 0.4) is 0 Å². The molecule has 2 heterocycles. The Morgan fingerprint density at radius 3 is 2.50 bits per heavy atom. The van der Waals surface area contributed by atoms with Crippen molar-refractivity contribution in [2.24, 2.45) is 11.8 Å². The molecule has 1 aromatic rings. The van der Waals surface area contributed by atoms with Crippen LogP contribution in [0.2, 0.25) is 0 Å². The highest BCUT2D eigenvalue weighted by Gasteiger charge is 2.23. The van der Waals surface area contributed by atoms with Crippen LogP contribution in [0, 0.1) is 18.8 Å². The van der Waals surface area contributed by atoms with E-state index in [2.05, 4.69) is 21.8 Å². The molecule has 1 aliphatic heterocycles. The molecule has 4 nitrogen and oxygen atoms in total. The minimum atomic E-state index is 0.316. The molecule has 0 aromatic carbocycles. The van der Waals surface area contributed by atoms with Gasteiger partial charge in [-0.25, -0.2) is 9.97 Å². The molecule has 1 aliphatic rings. The van der Waals surface area contributed by atoms with Crippen molar-refractivity contribution >= 4 is 0 Å². The average molecular weight is 249 g/mol. The van der Waals surface area contributed by atoms with Crippen LogP contribution in [-0.4, -0.2) is 39.7 Å². The maximum absolute atomic E-state index is 9.18. The first kappa shape index (κ1) is 13.4. The molecule has 2 rings (SSSR count). The summed E-state index contributed by atoms with van der Waals surface area (Å²) >= 11 is 0. The van der Waals surface area contributed by atoms with Crippen molar-refractivity contribution in [1.82, 2.24) is 14.9 Å². The van der Waals surface area contributed by atoms with Crippen molar-refractivity contribution < 1.29 is 5.11 Å². The number of aryl methyl sites for hydroxylation is 1. The van der Waals surface area contributed by atoms with Crippen LogP contribution in [0.15, 0.2) is 12.4 Å². The third kappa shape index (κ3) is 3.50. The fourth-order valence-electron chi connectivity index (χ4n) is 2.59. The first-order valence-corrected chi connectivity index (χ1v) is 6.79. The van der Waals surface area contributed by atoms with Crippen molar-refractivity contribution in [1.29, 1.82) is 0 Å². The summed E-state index contributed by atoms with van der Waals surface area (Å²) in [6.07, 6.45) is 6.22. The molecule has 0 aliphatic carbocycles. The van der Waals surface area contributed by atoms with Gasteiger partial charge >= 0.3 is 0 Å². The van der Waals surface area contributed by atoms with E-state index in [0.29, 0.717) is 18.4 Å². The second-order valence-corrected chi connectivity index (χ2v) is 5.41. The Bertz CT molecular complexity index is 358. The molecule has 0 unspecified atom stereocenters. The molecule has 0 saturated carbocycles. The molecule has 1 saturated heterocycles. The fraction of sp³-hybridized carbons (Fsp3) is 0.714. The predicted octanol–water partition coefficient (Wildman–Crippen LogP) is 1.63. The van der Waals surface area contributed by atoms with Crippen LogP contribution in [0.5, 0.6) is 0 Å². The van der Waals surface area contributed by atoms with E-state index in [1.54, 1.807) is 0 Å². The lowest BCUT2D eigenvalue weighted by Gasteiger charge is -2.34. The number of aromatic nitrogens is 2. The highest BCUT2D eigenvalue weighted by Crippen LogP contribution is 2.25. The number of aliphatic hydroxyl groups is 1. The summed E-state index contributed by atoms with van der Waals surface area (Å²) in [5.74, 6) is 1.95. The molecular formula is C14H23N3O. The second kappa shape index (κ2) is 6.25. The number of nitrogens with zero attached hydrogens (tertiary/aromatic N) is 3. The summed E-state index contributed by atoms with van der Waals surface area (Å²) in [5, 5.41) is 9.18. The van der Waals surface area contributed by atoms with Gasteiger partial charge in [0.15, 0.2) is 0 Å². The van der Waals surface area contributed by atoms with Crippen molar-refractivity contribution in [3.63, 3.8) is 0 Å². The summed E-state index contributed by atoms with van der Waals surface area (Å²) in [7, 11) is 0. The van der Waals surface area contributed by atoms with E-state index in [1.165, 1.54) is 18.4 Å². The summed E-state index contributed by atoms with van der Waals surface area (Å²) < 4.78 is 0. The molecule has 4 heteroatoms. The van der Waals surface area contributed by atoms with E-state index >= 15 is 0 Å². The first-order chi connectivity index (χ1) is 8.69. The van der Waals surface area contributed by atoms with Crippen LogP contribution in [0.4, 0.5) is 0 Å². The maximum Gasteiger partial charge on any atom is 0.125 e. The summed E-state index contributed by atoms with van der Waals surface area (Å²) in [4.78, 5) is 10.9. The standard InChI is InChI=1S/C14H23N3O/c1-11(10-18)14-3-5-17(6-4-14)9-13-7-15-12(2)16-8-13/h7-8,11,14,18H,3-6,9-10H2,1-2H3/t11-/m0/s1. The zero-order valence-electron chi connectivity index (χ0n) is 11.3. The van der Waals surface area contributed by atoms with Gasteiger partial charge in [0.2, 0.25) is 0 Å². The van der Waals surface area contributed by atoms with E-state index in [4.69, 9.17) is 0 Å². The highest BCUT2D eigenvalue weighted by atomic mass is 16.3. The van der Waals surface area contributed by atoms with Crippen LogP contribution >= 0.6 is 0 Å². The number of piperidine rings is 1. The van der Waals surface area contributed by atoms with Crippen LogP contribution < -0.4 is 0 Å². The minimum absolute atomic E-state index is 0.316. The molecule has 1 aromatic heterocycles. The third-order valence-electron chi connectivity index (χ3n) is 3.97. The number of aliphatic hydroxyl groups excluding tert-OH is 1. The van der Waals surface area contributed by atoms with Crippen LogP contribution in [-0.2, 0) is 6.54 Å².